The largest absolute Gasteiger partial charge is 0.368 e. The Morgan fingerprint density at radius 2 is 2.03 bits per heavy atom. The number of anilines is 1. The van der Waals surface area contributed by atoms with Gasteiger partial charge in [0.2, 0.25) is 5.91 Å². The molecule has 2 heterocycles. The zero-order chi connectivity index (χ0) is 22.9. The van der Waals surface area contributed by atoms with Crippen LogP contribution in [0.4, 0.5) is 10.2 Å². The number of benzene rings is 1. The third kappa shape index (κ3) is 6.40. The van der Waals surface area contributed by atoms with Crippen LogP contribution in [0.15, 0.2) is 47.6 Å². The van der Waals surface area contributed by atoms with E-state index in [0.29, 0.717) is 43.5 Å². The molecule has 1 aliphatic heterocycles. The van der Waals surface area contributed by atoms with Gasteiger partial charge < -0.3 is 26.6 Å². The van der Waals surface area contributed by atoms with Crippen LogP contribution < -0.4 is 26.6 Å². The predicted octanol–water partition coefficient (Wildman–Crippen LogP) is 0.770. The van der Waals surface area contributed by atoms with Crippen molar-refractivity contribution in [3.8, 4) is 0 Å². The molecule has 1 atom stereocenters. The zero-order valence-corrected chi connectivity index (χ0v) is 18.0. The smallest absolute Gasteiger partial charge is 0.251 e. The summed E-state index contributed by atoms with van der Waals surface area (Å²) in [5, 5.41) is 9.08. The Balaban J connectivity index is 1.56. The SMILES string of the molecule is CCNC(=NCc1ccc(C(=O)NCC(N)=O)cc1)NC1CCN(c2ncccc2F)C1. The summed E-state index contributed by atoms with van der Waals surface area (Å²) < 4.78 is 14.0. The number of hydrogen-bond donors (Lipinski definition) is 4. The molecule has 1 aliphatic rings. The Morgan fingerprint density at radius 1 is 1.25 bits per heavy atom. The standard InChI is InChI=1S/C22H28FN7O2/c1-2-25-22(29-17-9-11-30(14-17)20-18(23)4-3-10-26-20)28-12-15-5-7-16(8-6-15)21(32)27-13-19(24)31/h3-8,10,17H,2,9,11-14H2,1H3,(H2,24,31)(H,27,32)(H2,25,28,29). The average molecular weight is 442 g/mol. The molecule has 2 amide bonds. The quantitative estimate of drug-likeness (QED) is 0.354. The number of aromatic nitrogens is 1. The van der Waals surface area contributed by atoms with E-state index in [9.17, 15) is 14.0 Å². The third-order valence-electron chi connectivity index (χ3n) is 4.97. The topological polar surface area (TPSA) is 125 Å². The van der Waals surface area contributed by atoms with Crippen molar-refractivity contribution in [1.82, 2.24) is 20.9 Å². The highest BCUT2D eigenvalue weighted by Crippen LogP contribution is 2.20. The van der Waals surface area contributed by atoms with Gasteiger partial charge in [0.1, 0.15) is 0 Å². The molecule has 170 valence electrons. The number of hydrogen-bond acceptors (Lipinski definition) is 5. The molecule has 1 aromatic heterocycles. The van der Waals surface area contributed by atoms with Crippen LogP contribution in [0.5, 0.6) is 0 Å². The van der Waals surface area contributed by atoms with E-state index in [1.807, 2.05) is 24.0 Å². The molecule has 0 bridgehead atoms. The van der Waals surface area contributed by atoms with Crippen molar-refractivity contribution in [2.24, 2.45) is 10.7 Å². The zero-order valence-electron chi connectivity index (χ0n) is 18.0. The molecular weight excluding hydrogens is 413 g/mol. The van der Waals surface area contributed by atoms with Crippen LogP contribution >= 0.6 is 0 Å². The first-order chi connectivity index (χ1) is 15.5. The molecule has 1 saturated heterocycles. The van der Waals surface area contributed by atoms with Crippen molar-refractivity contribution in [2.45, 2.75) is 25.9 Å². The second-order valence-corrected chi connectivity index (χ2v) is 7.43. The van der Waals surface area contributed by atoms with Gasteiger partial charge in [-0.15, -0.1) is 0 Å². The number of carbonyl (C=O) groups is 2. The van der Waals surface area contributed by atoms with Gasteiger partial charge in [-0.25, -0.2) is 14.4 Å². The number of rotatable bonds is 8. The van der Waals surface area contributed by atoms with E-state index in [1.165, 1.54) is 6.07 Å². The van der Waals surface area contributed by atoms with E-state index in [2.05, 4.69) is 25.9 Å². The maximum atomic E-state index is 14.0. The highest BCUT2D eigenvalue weighted by molar-refractivity contribution is 5.96. The highest BCUT2D eigenvalue weighted by atomic mass is 19.1. The molecule has 32 heavy (non-hydrogen) atoms. The molecule has 0 saturated carbocycles. The van der Waals surface area contributed by atoms with Gasteiger partial charge >= 0.3 is 0 Å². The summed E-state index contributed by atoms with van der Waals surface area (Å²) in [7, 11) is 0. The monoisotopic (exact) mass is 441 g/mol. The van der Waals surface area contributed by atoms with Crippen LogP contribution in [0.2, 0.25) is 0 Å². The lowest BCUT2D eigenvalue weighted by Crippen LogP contribution is -2.44. The van der Waals surface area contributed by atoms with Gasteiger partial charge in [0.15, 0.2) is 17.6 Å². The van der Waals surface area contributed by atoms with Crippen molar-refractivity contribution in [2.75, 3.05) is 31.1 Å². The van der Waals surface area contributed by atoms with Crippen LogP contribution in [0.25, 0.3) is 0 Å². The van der Waals surface area contributed by atoms with Crippen molar-refractivity contribution in [3.63, 3.8) is 0 Å². The lowest BCUT2D eigenvalue weighted by Gasteiger charge is -2.20. The Bertz CT molecular complexity index is 965. The van der Waals surface area contributed by atoms with Gasteiger partial charge in [0, 0.05) is 37.4 Å². The lowest BCUT2D eigenvalue weighted by molar-refractivity contribution is -0.117. The number of aliphatic imine (C=N–C) groups is 1. The molecule has 0 aliphatic carbocycles. The predicted molar refractivity (Wildman–Crippen MR) is 121 cm³/mol. The molecule has 5 N–H and O–H groups in total. The maximum absolute atomic E-state index is 14.0. The van der Waals surface area contributed by atoms with Gasteiger partial charge in [-0.05, 0) is 43.2 Å². The van der Waals surface area contributed by atoms with Crippen molar-refractivity contribution < 1.29 is 14.0 Å². The summed E-state index contributed by atoms with van der Waals surface area (Å²) in [6, 6.07) is 10.1. The molecule has 2 aromatic rings. The summed E-state index contributed by atoms with van der Waals surface area (Å²) in [5.74, 6) is -0.226. The fraction of sp³-hybridized carbons (Fsp3) is 0.364. The van der Waals surface area contributed by atoms with Gasteiger partial charge in [0.05, 0.1) is 13.1 Å². The van der Waals surface area contributed by atoms with Crippen molar-refractivity contribution >= 4 is 23.6 Å². The summed E-state index contributed by atoms with van der Waals surface area (Å²) in [6.07, 6.45) is 2.44. The second-order valence-electron chi connectivity index (χ2n) is 7.43. The third-order valence-corrected chi connectivity index (χ3v) is 4.97. The first-order valence-electron chi connectivity index (χ1n) is 10.5. The number of amides is 2. The molecule has 9 nitrogen and oxygen atoms in total. The van der Waals surface area contributed by atoms with E-state index < -0.39 is 5.91 Å². The van der Waals surface area contributed by atoms with E-state index in [4.69, 9.17) is 5.73 Å². The first-order valence-corrected chi connectivity index (χ1v) is 10.5. The number of guanidine groups is 1. The number of nitrogens with two attached hydrogens (primary N) is 1. The minimum Gasteiger partial charge on any atom is -0.368 e. The molecule has 1 unspecified atom stereocenters. The fourth-order valence-corrected chi connectivity index (χ4v) is 3.40. The van der Waals surface area contributed by atoms with Crippen LogP contribution in [-0.2, 0) is 11.3 Å². The number of pyridine rings is 1. The Hall–Kier alpha value is -3.69. The molecule has 10 heteroatoms. The molecule has 1 aromatic carbocycles. The van der Waals surface area contributed by atoms with Crippen molar-refractivity contribution in [1.29, 1.82) is 0 Å². The van der Waals surface area contributed by atoms with Gasteiger partial charge in [-0.3, -0.25) is 9.59 Å². The molecule has 1 fully saturated rings. The number of carbonyl (C=O) groups excluding carboxylic acids is 2. The Morgan fingerprint density at radius 3 is 2.72 bits per heavy atom. The lowest BCUT2D eigenvalue weighted by atomic mass is 10.1. The summed E-state index contributed by atoms with van der Waals surface area (Å²) >= 11 is 0. The number of halogens is 1. The number of primary amides is 1. The normalized spacial score (nSPS) is 16.0. The summed E-state index contributed by atoms with van der Waals surface area (Å²) in [6.45, 7) is 4.26. The minimum atomic E-state index is -0.594. The van der Waals surface area contributed by atoms with E-state index in [-0.39, 0.29) is 24.3 Å². The highest BCUT2D eigenvalue weighted by Gasteiger charge is 2.25. The van der Waals surface area contributed by atoms with Gasteiger partial charge in [0.25, 0.3) is 5.91 Å². The summed E-state index contributed by atoms with van der Waals surface area (Å²) in [4.78, 5) is 33.4. The molecule has 0 radical (unpaired) electrons. The maximum Gasteiger partial charge on any atom is 0.251 e. The van der Waals surface area contributed by atoms with E-state index in [1.54, 1.807) is 24.4 Å². The van der Waals surface area contributed by atoms with Crippen LogP contribution in [-0.4, -0.2) is 55.0 Å². The van der Waals surface area contributed by atoms with Crippen molar-refractivity contribution in [3.05, 3.63) is 59.5 Å². The average Bonchev–Trinajstić information content (AvgIpc) is 3.25. The Kier molecular flexibility index (Phi) is 7.96. The number of nitrogens with one attached hydrogen (secondary N) is 3. The molecular formula is C22H28FN7O2. The number of nitrogens with zero attached hydrogens (tertiary/aromatic N) is 3. The second kappa shape index (κ2) is 11.1. The van der Waals surface area contributed by atoms with E-state index in [0.717, 1.165) is 12.0 Å². The Labute approximate surface area is 186 Å². The molecule has 3 rings (SSSR count). The van der Waals surface area contributed by atoms with Gasteiger partial charge in [-0.1, -0.05) is 12.1 Å². The van der Waals surface area contributed by atoms with Crippen LogP contribution in [0, 0.1) is 5.82 Å². The first kappa shape index (κ1) is 23.0. The minimum absolute atomic E-state index is 0.116. The van der Waals surface area contributed by atoms with Gasteiger partial charge in [-0.2, -0.15) is 0 Å². The van der Waals surface area contributed by atoms with E-state index >= 15 is 0 Å². The fourth-order valence-electron chi connectivity index (χ4n) is 3.40. The van der Waals surface area contributed by atoms with Crippen LogP contribution in [0.1, 0.15) is 29.3 Å². The summed E-state index contributed by atoms with van der Waals surface area (Å²) in [5.41, 5.74) is 6.40. The molecule has 0 spiro atoms. The van der Waals surface area contributed by atoms with Crippen LogP contribution in [0.3, 0.4) is 0 Å².